The van der Waals surface area contributed by atoms with Crippen LogP contribution in [0.15, 0.2) is 66.0 Å². The largest absolute Gasteiger partial charge is 0.396 e. The fourth-order valence-electron chi connectivity index (χ4n) is 4.35. The molecule has 2 atom stereocenters. The Kier molecular flexibility index (Phi) is 5.97. The summed E-state index contributed by atoms with van der Waals surface area (Å²) >= 11 is 0. The van der Waals surface area contributed by atoms with Crippen molar-refractivity contribution in [3.05, 3.63) is 72.4 Å². The first kappa shape index (κ1) is 22.4. The van der Waals surface area contributed by atoms with Gasteiger partial charge in [0.25, 0.3) is 5.91 Å². The third-order valence-electron chi connectivity index (χ3n) is 6.20. The second-order valence-electron chi connectivity index (χ2n) is 8.39. The van der Waals surface area contributed by atoms with Crippen LogP contribution in [0.2, 0.25) is 0 Å². The van der Waals surface area contributed by atoms with Crippen molar-refractivity contribution in [3.63, 3.8) is 0 Å². The molecule has 1 aliphatic heterocycles. The molecular formula is C25H23FN4O3S. The van der Waals surface area contributed by atoms with Crippen LogP contribution in [0.1, 0.15) is 16.8 Å². The molecule has 1 N–H and O–H groups in total. The van der Waals surface area contributed by atoms with Crippen molar-refractivity contribution >= 4 is 27.6 Å². The average Bonchev–Trinajstić information content (AvgIpc) is 3.49. The number of aliphatic hydroxyl groups excluding tert-OH is 1. The summed E-state index contributed by atoms with van der Waals surface area (Å²) in [5.41, 5.74) is 2.11. The van der Waals surface area contributed by atoms with Gasteiger partial charge in [0.2, 0.25) is 5.95 Å². The smallest absolute Gasteiger partial charge is 0.253 e. The maximum Gasteiger partial charge on any atom is 0.253 e. The summed E-state index contributed by atoms with van der Waals surface area (Å²) in [5, 5.41) is 10.1. The maximum absolute atomic E-state index is 14.2. The highest BCUT2D eigenvalue weighted by atomic mass is 32.2. The zero-order valence-electron chi connectivity index (χ0n) is 18.5. The summed E-state index contributed by atoms with van der Waals surface area (Å²) in [6, 6.07) is 11.7. The predicted molar refractivity (Wildman–Crippen MR) is 128 cm³/mol. The highest BCUT2D eigenvalue weighted by molar-refractivity contribution is 7.84. The zero-order chi connectivity index (χ0) is 23.8. The molecule has 1 aliphatic rings. The molecule has 5 rings (SSSR count). The van der Waals surface area contributed by atoms with Crippen LogP contribution in [0, 0.1) is 11.7 Å². The van der Waals surface area contributed by atoms with E-state index in [9.17, 15) is 18.5 Å². The minimum Gasteiger partial charge on any atom is -0.396 e. The number of carbonyl (C=O) groups excluding carboxylic acids is 1. The van der Waals surface area contributed by atoms with Crippen molar-refractivity contribution < 1.29 is 18.5 Å². The van der Waals surface area contributed by atoms with Gasteiger partial charge in [-0.2, -0.15) is 0 Å². The molecule has 2 aromatic heterocycles. The van der Waals surface area contributed by atoms with Gasteiger partial charge in [-0.25, -0.2) is 14.4 Å². The van der Waals surface area contributed by atoms with Crippen LogP contribution in [-0.2, 0) is 10.8 Å². The van der Waals surface area contributed by atoms with Crippen LogP contribution < -0.4 is 0 Å². The van der Waals surface area contributed by atoms with E-state index in [1.165, 1.54) is 6.07 Å². The number of hydrogen-bond donors (Lipinski definition) is 1. The lowest BCUT2D eigenvalue weighted by molar-refractivity contribution is 0.0782. The first-order chi connectivity index (χ1) is 16.5. The van der Waals surface area contributed by atoms with Gasteiger partial charge in [0, 0.05) is 72.5 Å². The second-order valence-corrected chi connectivity index (χ2v) is 9.74. The summed E-state index contributed by atoms with van der Waals surface area (Å²) in [6.45, 7) is 1.20. The Morgan fingerprint density at radius 3 is 2.65 bits per heavy atom. The van der Waals surface area contributed by atoms with Crippen molar-refractivity contribution in [3.8, 4) is 17.1 Å². The number of rotatable bonds is 5. The van der Waals surface area contributed by atoms with E-state index in [0.29, 0.717) is 46.1 Å². The summed E-state index contributed by atoms with van der Waals surface area (Å²) < 4.78 is 28.2. The molecule has 7 nitrogen and oxygen atoms in total. The summed E-state index contributed by atoms with van der Waals surface area (Å²) in [5.74, 6) is -0.0389. The van der Waals surface area contributed by atoms with Crippen molar-refractivity contribution in [2.24, 2.45) is 5.92 Å². The number of aliphatic hydroxyl groups is 1. The second kappa shape index (κ2) is 9.08. The maximum atomic E-state index is 14.2. The van der Waals surface area contributed by atoms with E-state index in [2.05, 4.69) is 9.97 Å². The lowest BCUT2D eigenvalue weighted by atomic mass is 10.1. The molecule has 0 spiro atoms. The summed E-state index contributed by atoms with van der Waals surface area (Å²) in [7, 11) is -1.27. The van der Waals surface area contributed by atoms with Gasteiger partial charge in [0.1, 0.15) is 5.82 Å². The standard InChI is InChI=1S/C25H23FN4O3S/c1-34(33)23-14-30(25-27-11-18(12-28-25)19-4-2-3-5-21(19)26)22-10-17(6-7-20(22)23)24(32)29-9-8-16(13-29)15-31/h2-7,10-12,14,16,31H,8-9,13,15H2,1H3/t16-,34?/m1/s1. The quantitative estimate of drug-likeness (QED) is 0.475. The molecule has 1 unspecified atom stereocenters. The molecule has 1 amide bonds. The first-order valence-electron chi connectivity index (χ1n) is 10.9. The number of aromatic nitrogens is 3. The van der Waals surface area contributed by atoms with Crippen molar-refractivity contribution in [2.75, 3.05) is 26.0 Å². The summed E-state index contributed by atoms with van der Waals surface area (Å²) in [4.78, 5) is 24.3. The van der Waals surface area contributed by atoms with E-state index in [4.69, 9.17) is 0 Å². The van der Waals surface area contributed by atoms with Crippen molar-refractivity contribution in [2.45, 2.75) is 11.3 Å². The monoisotopic (exact) mass is 478 g/mol. The molecule has 3 heterocycles. The van der Waals surface area contributed by atoms with E-state index >= 15 is 0 Å². The Hall–Kier alpha value is -3.43. The Morgan fingerprint density at radius 1 is 1.21 bits per heavy atom. The van der Waals surface area contributed by atoms with Gasteiger partial charge < -0.3 is 10.0 Å². The van der Waals surface area contributed by atoms with E-state index < -0.39 is 10.8 Å². The SMILES string of the molecule is CS(=O)c1cn(-c2ncc(-c3ccccc3F)cn2)c2cc(C(=O)N3CC[C@@H](CO)C3)ccc12. The number of benzene rings is 2. The van der Waals surface area contributed by atoms with E-state index in [1.807, 2.05) is 0 Å². The molecule has 0 bridgehead atoms. The van der Waals surface area contributed by atoms with Gasteiger partial charge in [-0.3, -0.25) is 13.6 Å². The van der Waals surface area contributed by atoms with Crippen LogP contribution in [-0.4, -0.2) is 60.6 Å². The minimum atomic E-state index is -1.27. The van der Waals surface area contributed by atoms with E-state index in [-0.39, 0.29) is 24.2 Å². The van der Waals surface area contributed by atoms with Gasteiger partial charge in [-0.15, -0.1) is 0 Å². The Bertz CT molecular complexity index is 1400. The number of fused-ring (bicyclic) bond motifs is 1. The minimum absolute atomic E-state index is 0.0670. The number of amides is 1. The van der Waals surface area contributed by atoms with E-state index in [0.717, 1.165) is 11.8 Å². The van der Waals surface area contributed by atoms with Crippen LogP contribution >= 0.6 is 0 Å². The van der Waals surface area contributed by atoms with Crippen LogP contribution in [0.5, 0.6) is 0 Å². The Balaban J connectivity index is 1.55. The molecule has 9 heteroatoms. The molecule has 1 fully saturated rings. The number of carbonyl (C=O) groups is 1. The number of nitrogens with zero attached hydrogens (tertiary/aromatic N) is 4. The van der Waals surface area contributed by atoms with E-state index in [1.54, 1.807) is 70.7 Å². The highest BCUT2D eigenvalue weighted by Gasteiger charge is 2.27. The molecular weight excluding hydrogens is 455 g/mol. The lowest BCUT2D eigenvalue weighted by Crippen LogP contribution is -2.29. The van der Waals surface area contributed by atoms with Crippen LogP contribution in [0.3, 0.4) is 0 Å². The molecule has 0 saturated carbocycles. The number of likely N-dealkylation sites (tertiary alicyclic amines) is 1. The zero-order valence-corrected chi connectivity index (χ0v) is 19.3. The third kappa shape index (κ3) is 4.01. The molecule has 174 valence electrons. The van der Waals surface area contributed by atoms with Gasteiger partial charge in [0.05, 0.1) is 21.2 Å². The molecule has 0 aliphatic carbocycles. The van der Waals surface area contributed by atoms with Crippen molar-refractivity contribution in [1.29, 1.82) is 0 Å². The molecule has 0 radical (unpaired) electrons. The molecule has 34 heavy (non-hydrogen) atoms. The van der Waals surface area contributed by atoms with Gasteiger partial charge in [-0.1, -0.05) is 24.3 Å². The van der Waals surface area contributed by atoms with Gasteiger partial charge in [0.15, 0.2) is 0 Å². The molecule has 2 aromatic carbocycles. The topological polar surface area (TPSA) is 88.3 Å². The fourth-order valence-corrected chi connectivity index (χ4v) is 5.09. The number of hydrogen-bond acceptors (Lipinski definition) is 5. The van der Waals surface area contributed by atoms with Crippen LogP contribution in [0.4, 0.5) is 4.39 Å². The number of halogens is 1. The van der Waals surface area contributed by atoms with Crippen molar-refractivity contribution in [1.82, 2.24) is 19.4 Å². The molecule has 1 saturated heterocycles. The Labute approximate surface area is 198 Å². The van der Waals surface area contributed by atoms with Crippen LogP contribution in [0.25, 0.3) is 28.0 Å². The molecule has 4 aromatic rings. The third-order valence-corrected chi connectivity index (χ3v) is 7.14. The predicted octanol–water partition coefficient (Wildman–Crippen LogP) is 3.42. The average molecular weight is 479 g/mol. The lowest BCUT2D eigenvalue weighted by Gasteiger charge is -2.16. The summed E-state index contributed by atoms with van der Waals surface area (Å²) in [6.07, 6.45) is 7.18. The normalized spacial score (nSPS) is 16.8. The van der Waals surface area contributed by atoms with Gasteiger partial charge in [-0.05, 0) is 24.6 Å². The highest BCUT2D eigenvalue weighted by Crippen LogP contribution is 2.29. The van der Waals surface area contributed by atoms with Gasteiger partial charge >= 0.3 is 0 Å². The first-order valence-corrected chi connectivity index (χ1v) is 12.5. The Morgan fingerprint density at radius 2 is 1.97 bits per heavy atom. The fraction of sp³-hybridized carbons (Fsp3) is 0.240.